The zero-order chi connectivity index (χ0) is 11.4. The molecule has 0 aliphatic heterocycles. The van der Waals surface area contributed by atoms with E-state index in [1.807, 2.05) is 29.0 Å². The number of imidazole rings is 1. The Kier molecular flexibility index (Phi) is 3.15. The Morgan fingerprint density at radius 1 is 1.31 bits per heavy atom. The number of hydrogen-bond donors (Lipinski definition) is 0. The highest BCUT2D eigenvalue weighted by Gasteiger charge is 2.02. The standard InChI is InChI=1S/C13H14N2O/c1-11(16)7-13-9-15(10-14-13)8-12-5-3-2-4-6-12/h2-6,9-10H,7-8H2,1H3. The molecule has 1 heterocycles. The molecule has 0 aliphatic rings. The minimum absolute atomic E-state index is 0.143. The highest BCUT2D eigenvalue weighted by atomic mass is 16.1. The lowest BCUT2D eigenvalue weighted by molar-refractivity contribution is -0.116. The minimum Gasteiger partial charge on any atom is -0.333 e. The first-order valence-corrected chi connectivity index (χ1v) is 5.28. The van der Waals surface area contributed by atoms with Crippen LogP contribution in [0.25, 0.3) is 0 Å². The molecule has 1 aromatic carbocycles. The molecule has 1 aromatic heterocycles. The van der Waals surface area contributed by atoms with E-state index in [0.717, 1.165) is 12.2 Å². The molecule has 2 rings (SSSR count). The predicted molar refractivity (Wildman–Crippen MR) is 62.2 cm³/mol. The first kappa shape index (κ1) is 10.6. The van der Waals surface area contributed by atoms with Crippen LogP contribution in [0.3, 0.4) is 0 Å². The third-order valence-corrected chi connectivity index (χ3v) is 2.32. The highest BCUT2D eigenvalue weighted by molar-refractivity contribution is 5.77. The molecule has 0 fully saturated rings. The van der Waals surface area contributed by atoms with E-state index in [9.17, 15) is 4.79 Å². The van der Waals surface area contributed by atoms with Crippen molar-refractivity contribution in [1.82, 2.24) is 9.55 Å². The van der Waals surface area contributed by atoms with Gasteiger partial charge in [0.2, 0.25) is 0 Å². The zero-order valence-electron chi connectivity index (χ0n) is 9.26. The summed E-state index contributed by atoms with van der Waals surface area (Å²) in [6.45, 7) is 2.38. The molecule has 0 saturated heterocycles. The molecule has 0 unspecified atom stereocenters. The first-order valence-electron chi connectivity index (χ1n) is 5.28. The van der Waals surface area contributed by atoms with Crippen molar-refractivity contribution in [1.29, 1.82) is 0 Å². The van der Waals surface area contributed by atoms with Crippen molar-refractivity contribution in [3.05, 3.63) is 54.1 Å². The van der Waals surface area contributed by atoms with E-state index < -0.39 is 0 Å². The summed E-state index contributed by atoms with van der Waals surface area (Å²) in [5.41, 5.74) is 2.07. The van der Waals surface area contributed by atoms with Gasteiger partial charge in [-0.1, -0.05) is 30.3 Å². The SMILES string of the molecule is CC(=O)Cc1cn(Cc2ccccc2)cn1. The number of benzene rings is 1. The molecule has 0 aliphatic carbocycles. The first-order chi connectivity index (χ1) is 7.74. The number of carbonyl (C=O) groups is 1. The van der Waals surface area contributed by atoms with Crippen molar-refractivity contribution in [2.45, 2.75) is 19.9 Å². The average molecular weight is 214 g/mol. The van der Waals surface area contributed by atoms with Crippen LogP contribution in [-0.2, 0) is 17.8 Å². The number of aromatic nitrogens is 2. The minimum atomic E-state index is 0.143. The van der Waals surface area contributed by atoms with Crippen molar-refractivity contribution in [2.75, 3.05) is 0 Å². The van der Waals surface area contributed by atoms with Crippen LogP contribution in [0, 0.1) is 0 Å². The van der Waals surface area contributed by atoms with E-state index in [-0.39, 0.29) is 5.78 Å². The Hall–Kier alpha value is -1.90. The van der Waals surface area contributed by atoms with Crippen LogP contribution in [0.1, 0.15) is 18.2 Å². The van der Waals surface area contributed by atoms with Gasteiger partial charge in [0.25, 0.3) is 0 Å². The summed E-state index contributed by atoms with van der Waals surface area (Å²) in [6.07, 6.45) is 4.11. The Morgan fingerprint density at radius 3 is 2.75 bits per heavy atom. The number of Topliss-reactive ketones (excluding diaryl/α,β-unsaturated/α-hetero) is 1. The van der Waals surface area contributed by atoms with Crippen molar-refractivity contribution < 1.29 is 4.79 Å². The van der Waals surface area contributed by atoms with Gasteiger partial charge in [-0.25, -0.2) is 4.98 Å². The van der Waals surface area contributed by atoms with Crippen molar-refractivity contribution in [2.24, 2.45) is 0 Å². The lowest BCUT2D eigenvalue weighted by Gasteiger charge is -2.00. The summed E-state index contributed by atoms with van der Waals surface area (Å²) in [4.78, 5) is 15.1. The van der Waals surface area contributed by atoms with Crippen LogP contribution >= 0.6 is 0 Å². The van der Waals surface area contributed by atoms with E-state index in [1.165, 1.54) is 5.56 Å². The van der Waals surface area contributed by atoms with Crippen LogP contribution in [0.5, 0.6) is 0 Å². The number of ketones is 1. The summed E-state index contributed by atoms with van der Waals surface area (Å²) in [5, 5.41) is 0. The van der Waals surface area contributed by atoms with Gasteiger partial charge >= 0.3 is 0 Å². The van der Waals surface area contributed by atoms with Gasteiger partial charge in [0.15, 0.2) is 0 Å². The van der Waals surface area contributed by atoms with E-state index in [0.29, 0.717) is 6.42 Å². The molecule has 0 atom stereocenters. The maximum absolute atomic E-state index is 10.9. The third-order valence-electron chi connectivity index (χ3n) is 2.32. The van der Waals surface area contributed by atoms with Gasteiger partial charge in [-0.2, -0.15) is 0 Å². The smallest absolute Gasteiger partial charge is 0.135 e. The molecule has 0 bridgehead atoms. The third kappa shape index (κ3) is 2.79. The summed E-state index contributed by atoms with van der Waals surface area (Å²) in [5.74, 6) is 0.143. The van der Waals surface area contributed by atoms with Gasteiger partial charge < -0.3 is 4.57 Å². The quantitative estimate of drug-likeness (QED) is 0.780. The Balaban J connectivity index is 2.06. The predicted octanol–water partition coefficient (Wildman–Crippen LogP) is 2.06. The fourth-order valence-corrected chi connectivity index (χ4v) is 1.63. The Morgan fingerprint density at radius 2 is 2.06 bits per heavy atom. The summed E-state index contributed by atoms with van der Waals surface area (Å²) in [7, 11) is 0. The van der Waals surface area contributed by atoms with Crippen LogP contribution < -0.4 is 0 Å². The Labute approximate surface area is 94.7 Å². The van der Waals surface area contributed by atoms with Crippen LogP contribution in [0.15, 0.2) is 42.9 Å². The topological polar surface area (TPSA) is 34.9 Å². The molecule has 0 N–H and O–H groups in total. The highest BCUT2D eigenvalue weighted by Crippen LogP contribution is 2.04. The van der Waals surface area contributed by atoms with Gasteiger partial charge in [-0.15, -0.1) is 0 Å². The van der Waals surface area contributed by atoms with Crippen molar-refractivity contribution >= 4 is 5.78 Å². The molecule has 0 radical (unpaired) electrons. The van der Waals surface area contributed by atoms with Gasteiger partial charge in [-0.3, -0.25) is 4.79 Å². The Bertz CT molecular complexity index is 474. The van der Waals surface area contributed by atoms with Gasteiger partial charge in [0.05, 0.1) is 12.0 Å². The van der Waals surface area contributed by atoms with Crippen molar-refractivity contribution in [3.8, 4) is 0 Å². The molecule has 0 amide bonds. The fourth-order valence-electron chi connectivity index (χ4n) is 1.63. The number of carbonyl (C=O) groups excluding carboxylic acids is 1. The molecule has 0 spiro atoms. The molecule has 16 heavy (non-hydrogen) atoms. The van der Waals surface area contributed by atoms with Crippen LogP contribution in [0.4, 0.5) is 0 Å². The second kappa shape index (κ2) is 4.75. The van der Waals surface area contributed by atoms with Gasteiger partial charge in [0, 0.05) is 19.2 Å². The molecule has 2 aromatic rings. The lowest BCUT2D eigenvalue weighted by atomic mass is 10.2. The molecular formula is C13H14N2O. The molecule has 3 heteroatoms. The lowest BCUT2D eigenvalue weighted by Crippen LogP contribution is -1.97. The maximum atomic E-state index is 10.9. The van der Waals surface area contributed by atoms with Crippen LogP contribution in [-0.4, -0.2) is 15.3 Å². The van der Waals surface area contributed by atoms with E-state index >= 15 is 0 Å². The van der Waals surface area contributed by atoms with Crippen molar-refractivity contribution in [3.63, 3.8) is 0 Å². The average Bonchev–Trinajstić information content (AvgIpc) is 2.66. The van der Waals surface area contributed by atoms with Gasteiger partial charge in [0.1, 0.15) is 5.78 Å². The van der Waals surface area contributed by atoms with Crippen LogP contribution in [0.2, 0.25) is 0 Å². The summed E-state index contributed by atoms with van der Waals surface area (Å²) >= 11 is 0. The molecular weight excluding hydrogens is 200 g/mol. The maximum Gasteiger partial charge on any atom is 0.135 e. The van der Waals surface area contributed by atoms with Gasteiger partial charge in [-0.05, 0) is 12.5 Å². The number of nitrogens with zero attached hydrogens (tertiary/aromatic N) is 2. The second-order valence-corrected chi connectivity index (χ2v) is 3.90. The van der Waals surface area contributed by atoms with E-state index in [2.05, 4.69) is 17.1 Å². The zero-order valence-corrected chi connectivity index (χ0v) is 9.26. The molecule has 82 valence electrons. The monoisotopic (exact) mass is 214 g/mol. The number of rotatable bonds is 4. The second-order valence-electron chi connectivity index (χ2n) is 3.90. The largest absolute Gasteiger partial charge is 0.333 e. The van der Waals surface area contributed by atoms with E-state index in [1.54, 1.807) is 13.3 Å². The van der Waals surface area contributed by atoms with E-state index in [4.69, 9.17) is 0 Å². The summed E-state index contributed by atoms with van der Waals surface area (Å²) < 4.78 is 1.99. The number of hydrogen-bond acceptors (Lipinski definition) is 2. The molecule has 0 saturated carbocycles. The fraction of sp³-hybridized carbons (Fsp3) is 0.231. The summed E-state index contributed by atoms with van der Waals surface area (Å²) in [6, 6.07) is 10.2. The molecule has 3 nitrogen and oxygen atoms in total. The normalized spacial score (nSPS) is 10.3.